The molecule has 28 heavy (non-hydrogen) atoms. The van der Waals surface area contributed by atoms with Gasteiger partial charge >= 0.3 is 127 Å². The van der Waals surface area contributed by atoms with E-state index >= 15 is 0 Å². The second-order valence-corrected chi connectivity index (χ2v) is 9.86. The summed E-state index contributed by atoms with van der Waals surface area (Å²) in [6, 6.07) is 0. The molecule has 4 N–H and O–H groups in total. The van der Waals surface area contributed by atoms with E-state index in [2.05, 4.69) is 49.7 Å². The van der Waals surface area contributed by atoms with Crippen LogP contribution in [0.5, 0.6) is 0 Å². The predicted octanol–water partition coefficient (Wildman–Crippen LogP) is -4.25. The number of hydrogen-bond donors (Lipinski definition) is 4. The van der Waals surface area contributed by atoms with Crippen LogP contribution < -0.4 is 103 Å². The van der Waals surface area contributed by atoms with Gasteiger partial charge in [0, 0.05) is 12.8 Å². The van der Waals surface area contributed by atoms with Crippen LogP contribution in [0, 0.1) is 0 Å². The molecule has 0 aliphatic heterocycles. The number of thiocarbonyl (C=S) groups is 2. The van der Waals surface area contributed by atoms with Gasteiger partial charge < -0.3 is 70.1 Å². The molecule has 2 atom stereocenters. The molecule has 0 amide bonds. The maximum atomic E-state index is 10.5. The molecule has 0 aromatic carbocycles. The molecule has 148 valence electrons. The fraction of sp³-hybridized carbons (Fsp3) is 0.500. The first-order valence-corrected chi connectivity index (χ1v) is 9.90. The summed E-state index contributed by atoms with van der Waals surface area (Å²) in [5, 5.41) is 32.2. The summed E-state index contributed by atoms with van der Waals surface area (Å²) in [5.41, 5.74) is 0. The first-order valence-electron chi connectivity index (χ1n) is 6.51. The van der Waals surface area contributed by atoms with Crippen molar-refractivity contribution in [3.05, 3.63) is 0 Å². The van der Waals surface area contributed by atoms with E-state index in [4.69, 9.17) is 20.4 Å². The van der Waals surface area contributed by atoms with Crippen LogP contribution in [0.1, 0.15) is 25.7 Å². The van der Waals surface area contributed by atoms with Gasteiger partial charge in [-0.15, -0.1) is 23.5 Å². The van der Waals surface area contributed by atoms with Crippen molar-refractivity contribution < 1.29 is 142 Å². The molecule has 0 aliphatic rings. The van der Waals surface area contributed by atoms with E-state index in [1.54, 1.807) is 0 Å². The van der Waals surface area contributed by atoms with Crippen molar-refractivity contribution in [3.63, 3.8) is 0 Å². The van der Waals surface area contributed by atoms with Crippen molar-refractivity contribution in [1.82, 2.24) is 0 Å². The minimum atomic E-state index is -1.08. The second-order valence-electron chi connectivity index (χ2n) is 4.25. The summed E-state index contributed by atoms with van der Waals surface area (Å²) in [6.45, 7) is 0. The van der Waals surface area contributed by atoms with Gasteiger partial charge in [0.2, 0.25) is 0 Å². The Morgan fingerprint density at radius 2 is 0.964 bits per heavy atom. The number of carboxylic acids is 4. The van der Waals surface area contributed by atoms with Gasteiger partial charge in [0.15, 0.2) is 0 Å². The molecule has 8 nitrogen and oxygen atoms in total. The minimum Gasteiger partial charge on any atom is -0.481 e. The van der Waals surface area contributed by atoms with Gasteiger partial charge in [-0.2, -0.15) is 0 Å². The van der Waals surface area contributed by atoms with E-state index in [0.717, 1.165) is 23.5 Å². The summed E-state index contributed by atoms with van der Waals surface area (Å²) in [7, 11) is 0. The van der Waals surface area contributed by atoms with Crippen LogP contribution in [-0.2, 0) is 44.4 Å². The standard InChI is InChI=1S/2C6H8O4S3.2K/c2*7-4(8)2-1-3(5(9)10)13-6(11)12;;/h2*3H,1-2H2,(H,7,8)(H,9,10)(H,11,12);;/q;;2*+1/p-2. The summed E-state index contributed by atoms with van der Waals surface area (Å²) in [6.07, 6.45) is -0.317. The molecule has 0 rings (SSSR count). The largest absolute Gasteiger partial charge is 1.00 e. The number of carbonyl (C=O) groups is 4. The molecular weight excluding hydrogens is 543 g/mol. The fourth-order valence-electron chi connectivity index (χ4n) is 1.21. The molecule has 0 spiro atoms. The maximum Gasteiger partial charge on any atom is 1.00 e. The molecule has 0 saturated heterocycles. The molecule has 0 saturated carbocycles. The Kier molecular flexibility index (Phi) is 30.6. The molecule has 0 heterocycles. The molecule has 0 radical (unpaired) electrons. The van der Waals surface area contributed by atoms with Gasteiger partial charge in [0.1, 0.15) is 10.5 Å². The van der Waals surface area contributed by atoms with Crippen molar-refractivity contribution in [2.45, 2.75) is 36.2 Å². The monoisotopic (exact) mass is 556 g/mol. The Morgan fingerprint density at radius 1 is 0.714 bits per heavy atom. The van der Waals surface area contributed by atoms with Crippen LogP contribution in [0.2, 0.25) is 0 Å². The molecule has 16 heteroatoms. The van der Waals surface area contributed by atoms with Crippen LogP contribution in [0.15, 0.2) is 0 Å². The van der Waals surface area contributed by atoms with E-state index < -0.39 is 34.4 Å². The SMILES string of the molecule is O=C(O)CCC(SC(=S)[S-])C(=O)O.O=C(O)CCC(SC(=S)[S-])C(=O)O.[K+].[K+]. The van der Waals surface area contributed by atoms with E-state index in [9.17, 15) is 19.2 Å². The van der Waals surface area contributed by atoms with E-state index in [1.807, 2.05) is 0 Å². The zero-order valence-corrected chi connectivity index (χ0v) is 26.0. The average Bonchev–Trinajstić information content (AvgIpc) is 2.46. The first-order chi connectivity index (χ1) is 11.9. The zero-order valence-electron chi connectivity index (χ0n) is 14.9. The van der Waals surface area contributed by atoms with Gasteiger partial charge in [0.05, 0.1) is 0 Å². The minimum absolute atomic E-state index is 0. The van der Waals surface area contributed by atoms with E-state index in [1.165, 1.54) is 0 Å². The van der Waals surface area contributed by atoms with Crippen molar-refractivity contribution in [1.29, 1.82) is 0 Å². The Labute approximate surface area is 277 Å². The van der Waals surface area contributed by atoms with Crippen LogP contribution in [-0.4, -0.2) is 61.9 Å². The number of hydrogen-bond acceptors (Lipinski definition) is 10. The Balaban J connectivity index is -0.000000192. The van der Waals surface area contributed by atoms with Crippen LogP contribution in [0.3, 0.4) is 0 Å². The Bertz CT molecular complexity index is 514. The summed E-state index contributed by atoms with van der Waals surface area (Å²) in [5.74, 6) is -4.22. The van der Waals surface area contributed by atoms with E-state index in [-0.39, 0.29) is 136 Å². The van der Waals surface area contributed by atoms with Crippen molar-refractivity contribution in [2.75, 3.05) is 0 Å². The number of rotatable bonds is 10. The molecule has 2 unspecified atom stereocenters. The number of thioether (sulfide) groups is 2. The molecule has 0 fully saturated rings. The Hall–Kier alpha value is 2.47. The van der Waals surface area contributed by atoms with Crippen LogP contribution >= 0.6 is 48.0 Å². The van der Waals surface area contributed by atoms with Gasteiger partial charge in [-0.3, -0.25) is 19.2 Å². The first kappa shape index (κ1) is 37.8. The maximum absolute atomic E-state index is 10.5. The fourth-order valence-corrected chi connectivity index (χ4v) is 3.74. The van der Waals surface area contributed by atoms with Gasteiger partial charge in [-0.25, -0.2) is 0 Å². The number of carboxylic acid groups (broad SMARTS) is 4. The molecule has 0 aromatic rings. The third-order valence-corrected chi connectivity index (χ3v) is 5.25. The molecular formula is C12H14K2O8S6. The van der Waals surface area contributed by atoms with Crippen molar-refractivity contribution in [3.8, 4) is 0 Å². The Morgan fingerprint density at radius 3 is 1.11 bits per heavy atom. The molecule has 0 aliphatic carbocycles. The quantitative estimate of drug-likeness (QED) is 0.117. The van der Waals surface area contributed by atoms with Gasteiger partial charge in [-0.1, -0.05) is 7.06 Å². The predicted molar refractivity (Wildman–Crippen MR) is 112 cm³/mol. The third-order valence-electron chi connectivity index (χ3n) is 2.27. The van der Waals surface area contributed by atoms with E-state index in [0.29, 0.717) is 0 Å². The van der Waals surface area contributed by atoms with Gasteiger partial charge in [-0.05, 0) is 12.8 Å². The third kappa shape index (κ3) is 26.5. The average molecular weight is 557 g/mol. The molecule has 0 bridgehead atoms. The summed E-state index contributed by atoms with van der Waals surface area (Å²) < 4.78 is 0.190. The van der Waals surface area contributed by atoms with Crippen LogP contribution in [0.4, 0.5) is 0 Å². The normalized spacial score (nSPS) is 11.1. The van der Waals surface area contributed by atoms with Gasteiger partial charge in [0.25, 0.3) is 0 Å². The summed E-state index contributed by atoms with van der Waals surface area (Å²) >= 11 is 19.8. The second kappa shape index (κ2) is 22.7. The molecule has 0 aromatic heterocycles. The zero-order chi connectivity index (χ0) is 20.9. The number of aliphatic carboxylic acids is 4. The van der Waals surface area contributed by atoms with Crippen molar-refractivity contribution in [2.24, 2.45) is 0 Å². The summed E-state index contributed by atoms with van der Waals surface area (Å²) in [4.78, 5) is 41.4. The smallest absolute Gasteiger partial charge is 0.481 e. The van der Waals surface area contributed by atoms with Crippen LogP contribution in [0.25, 0.3) is 0 Å². The topological polar surface area (TPSA) is 149 Å². The van der Waals surface area contributed by atoms with Crippen molar-refractivity contribution >= 4 is 104 Å².